The lowest BCUT2D eigenvalue weighted by molar-refractivity contribution is 1.26. The highest BCUT2D eigenvalue weighted by Gasteiger charge is 2.22. The molecule has 0 unspecified atom stereocenters. The van der Waals surface area contributed by atoms with Crippen molar-refractivity contribution in [3.05, 3.63) is 211 Å². The van der Waals surface area contributed by atoms with E-state index in [1.807, 2.05) is 11.3 Å². The van der Waals surface area contributed by atoms with Crippen LogP contribution >= 0.6 is 11.3 Å². The Kier molecular flexibility index (Phi) is 7.23. The van der Waals surface area contributed by atoms with Gasteiger partial charge in [-0.3, -0.25) is 0 Å². The molecule has 1 aromatic heterocycles. The van der Waals surface area contributed by atoms with Crippen molar-refractivity contribution in [3.8, 4) is 33.4 Å². The van der Waals surface area contributed by atoms with Gasteiger partial charge in [-0.25, -0.2) is 0 Å². The predicted octanol–water partition coefficient (Wildman–Crippen LogP) is 15.9. The number of anilines is 3. The van der Waals surface area contributed by atoms with E-state index < -0.39 is 0 Å². The summed E-state index contributed by atoms with van der Waals surface area (Å²) < 4.78 is 2.65. The number of rotatable bonds is 5. The Morgan fingerprint density at radius 3 is 1.54 bits per heavy atom. The summed E-state index contributed by atoms with van der Waals surface area (Å²) in [5.41, 5.74) is 13.9. The van der Waals surface area contributed by atoms with Gasteiger partial charge in [0.05, 0.1) is 0 Å². The van der Waals surface area contributed by atoms with Gasteiger partial charge in [-0.2, -0.15) is 0 Å². The molecule has 1 aliphatic rings. The normalized spacial score (nSPS) is 12.1. The fraction of sp³-hybridized carbons (Fsp3) is 0.0182. The fourth-order valence-electron chi connectivity index (χ4n) is 9.51. The van der Waals surface area contributed by atoms with Gasteiger partial charge in [0.2, 0.25) is 0 Å². The quantitative estimate of drug-likeness (QED) is 0.159. The Hall–Kier alpha value is -7.00. The van der Waals surface area contributed by atoms with Crippen LogP contribution in [0.5, 0.6) is 0 Å². The third kappa shape index (κ3) is 5.08. The van der Waals surface area contributed by atoms with Crippen LogP contribution in [0.4, 0.5) is 17.1 Å². The van der Waals surface area contributed by atoms with Crippen molar-refractivity contribution in [2.45, 2.75) is 6.42 Å². The third-order valence-electron chi connectivity index (χ3n) is 12.1. The Morgan fingerprint density at radius 1 is 0.333 bits per heavy atom. The van der Waals surface area contributed by atoms with E-state index in [0.29, 0.717) is 0 Å². The van der Waals surface area contributed by atoms with Crippen molar-refractivity contribution in [3.63, 3.8) is 0 Å². The SMILES string of the molecule is c1ccc2c(c1)Cc1cccc(-c3ccc(N(c4ccc(-c5cccc6sc7ccccc7c56)cc4)c4ccc5c6ccccc6c6ccccc6c5c4)cc3)c1-2. The molecule has 0 bridgehead atoms. The largest absolute Gasteiger partial charge is 0.310 e. The van der Waals surface area contributed by atoms with E-state index in [4.69, 9.17) is 0 Å². The molecule has 11 aromatic rings. The van der Waals surface area contributed by atoms with Gasteiger partial charge in [0.15, 0.2) is 0 Å². The van der Waals surface area contributed by atoms with Gasteiger partial charge < -0.3 is 4.90 Å². The second-order valence-corrected chi connectivity index (χ2v) is 16.3. The average Bonchev–Trinajstić information content (AvgIpc) is 3.86. The minimum Gasteiger partial charge on any atom is -0.310 e. The molecular weight excluding hydrogens is 707 g/mol. The van der Waals surface area contributed by atoms with Crippen LogP contribution in [0.1, 0.15) is 11.1 Å². The van der Waals surface area contributed by atoms with Gasteiger partial charge >= 0.3 is 0 Å². The molecule has 0 N–H and O–H groups in total. The van der Waals surface area contributed by atoms with E-state index in [-0.39, 0.29) is 0 Å². The highest BCUT2D eigenvalue weighted by atomic mass is 32.1. The standard InChI is InChI=1S/C55H35NS/c1-2-13-44-37(11-1)33-38-12-9-19-42(54(38)44)35-23-27-39(28-24-35)56(41-31-32-49-47-16-4-3-14-45(47)46-15-5-6-17-48(46)51(49)34-41)40-29-25-36(26-30-40)43-20-10-22-53-55(43)50-18-7-8-21-52(50)57-53/h1-32,34H,33H2. The van der Waals surface area contributed by atoms with Crippen LogP contribution in [0.15, 0.2) is 200 Å². The maximum absolute atomic E-state index is 2.42. The van der Waals surface area contributed by atoms with Crippen LogP contribution in [0, 0.1) is 0 Å². The second-order valence-electron chi connectivity index (χ2n) is 15.2. The molecule has 0 fully saturated rings. The van der Waals surface area contributed by atoms with Gasteiger partial charge in [-0.05, 0) is 132 Å². The molecule has 0 atom stereocenters. The summed E-state index contributed by atoms with van der Waals surface area (Å²) in [6.07, 6.45) is 0.990. The molecule has 0 saturated heterocycles. The first kappa shape index (κ1) is 32.3. The van der Waals surface area contributed by atoms with Crippen molar-refractivity contribution in [2.24, 2.45) is 0 Å². The summed E-state index contributed by atoms with van der Waals surface area (Å²) in [7, 11) is 0. The first-order valence-corrected chi connectivity index (χ1v) is 20.5. The van der Waals surface area contributed by atoms with Crippen molar-refractivity contribution >= 4 is 80.9 Å². The van der Waals surface area contributed by atoms with Crippen LogP contribution in [0.2, 0.25) is 0 Å². The molecule has 1 nitrogen and oxygen atoms in total. The van der Waals surface area contributed by atoms with Gasteiger partial charge in [-0.15, -0.1) is 11.3 Å². The molecule has 0 aliphatic heterocycles. The number of nitrogens with zero attached hydrogens (tertiary/aromatic N) is 1. The highest BCUT2D eigenvalue weighted by molar-refractivity contribution is 7.25. The summed E-state index contributed by atoms with van der Waals surface area (Å²) in [4.78, 5) is 2.42. The van der Waals surface area contributed by atoms with Crippen molar-refractivity contribution < 1.29 is 0 Å². The zero-order valence-electron chi connectivity index (χ0n) is 31.1. The number of benzene rings is 10. The number of thiophene rings is 1. The summed E-state index contributed by atoms with van der Waals surface area (Å²) in [6.45, 7) is 0. The molecule has 266 valence electrons. The van der Waals surface area contributed by atoms with Crippen LogP contribution in [-0.4, -0.2) is 0 Å². The molecule has 0 amide bonds. The van der Waals surface area contributed by atoms with Gasteiger partial charge in [0, 0.05) is 37.2 Å². The summed E-state index contributed by atoms with van der Waals surface area (Å²) >= 11 is 1.87. The Balaban J connectivity index is 1.02. The second kappa shape index (κ2) is 12.8. The molecule has 0 radical (unpaired) electrons. The van der Waals surface area contributed by atoms with E-state index in [0.717, 1.165) is 23.5 Å². The minimum absolute atomic E-state index is 0.990. The average molecular weight is 742 g/mol. The number of hydrogen-bond donors (Lipinski definition) is 0. The van der Waals surface area contributed by atoms with E-state index >= 15 is 0 Å². The molecule has 57 heavy (non-hydrogen) atoms. The topological polar surface area (TPSA) is 3.24 Å². The molecule has 0 saturated carbocycles. The summed E-state index contributed by atoms with van der Waals surface area (Å²) in [6, 6.07) is 74.2. The third-order valence-corrected chi connectivity index (χ3v) is 13.2. The first-order valence-electron chi connectivity index (χ1n) is 19.7. The van der Waals surface area contributed by atoms with Crippen LogP contribution in [-0.2, 0) is 6.42 Å². The van der Waals surface area contributed by atoms with Crippen LogP contribution in [0.25, 0.3) is 85.9 Å². The van der Waals surface area contributed by atoms with Crippen LogP contribution < -0.4 is 4.90 Å². The van der Waals surface area contributed by atoms with E-state index in [1.54, 1.807) is 0 Å². The van der Waals surface area contributed by atoms with Crippen molar-refractivity contribution in [1.82, 2.24) is 0 Å². The Labute approximate surface area is 335 Å². The fourth-order valence-corrected chi connectivity index (χ4v) is 10.6. The van der Waals surface area contributed by atoms with Gasteiger partial charge in [-0.1, -0.05) is 152 Å². The van der Waals surface area contributed by atoms with Crippen molar-refractivity contribution in [1.29, 1.82) is 0 Å². The lowest BCUT2D eigenvalue weighted by atomic mass is 9.93. The lowest BCUT2D eigenvalue weighted by Gasteiger charge is -2.27. The highest BCUT2D eigenvalue weighted by Crippen LogP contribution is 2.46. The molecule has 12 rings (SSSR count). The minimum atomic E-state index is 0.990. The summed E-state index contributed by atoms with van der Waals surface area (Å²) in [5.74, 6) is 0. The molecular formula is C55H35NS. The molecule has 0 spiro atoms. The molecule has 10 aromatic carbocycles. The smallest absolute Gasteiger partial charge is 0.0468 e. The van der Waals surface area contributed by atoms with E-state index in [2.05, 4.69) is 205 Å². The van der Waals surface area contributed by atoms with Crippen molar-refractivity contribution in [2.75, 3.05) is 4.90 Å². The Morgan fingerprint density at radius 2 is 0.825 bits per heavy atom. The number of hydrogen-bond acceptors (Lipinski definition) is 2. The molecule has 1 heterocycles. The van der Waals surface area contributed by atoms with E-state index in [1.165, 1.54) is 97.0 Å². The maximum atomic E-state index is 2.42. The van der Waals surface area contributed by atoms with E-state index in [9.17, 15) is 0 Å². The first-order chi connectivity index (χ1) is 28.3. The number of fused-ring (bicyclic) bond motifs is 12. The Bertz CT molecular complexity index is 3340. The predicted molar refractivity (Wildman–Crippen MR) is 246 cm³/mol. The molecule has 1 aliphatic carbocycles. The van der Waals surface area contributed by atoms with Gasteiger partial charge in [0.1, 0.15) is 0 Å². The lowest BCUT2D eigenvalue weighted by Crippen LogP contribution is -2.10. The van der Waals surface area contributed by atoms with Gasteiger partial charge in [0.25, 0.3) is 0 Å². The maximum Gasteiger partial charge on any atom is 0.0468 e. The zero-order valence-corrected chi connectivity index (χ0v) is 31.9. The van der Waals surface area contributed by atoms with Crippen LogP contribution in [0.3, 0.4) is 0 Å². The zero-order chi connectivity index (χ0) is 37.5. The molecule has 2 heteroatoms. The summed E-state index contributed by atoms with van der Waals surface area (Å²) in [5, 5.41) is 10.3. The monoisotopic (exact) mass is 741 g/mol.